The fraction of sp³-hybridized carbons (Fsp3) is 0.250. The molecule has 4 aromatic carbocycles. The monoisotopic (exact) mass is 461 g/mol. The summed E-state index contributed by atoms with van der Waals surface area (Å²) in [5, 5.41) is 0. The Morgan fingerprint density at radius 3 is 2.06 bits per heavy atom. The average Bonchev–Trinajstić information content (AvgIpc) is 3.34. The molecule has 0 aromatic heterocycles. The van der Waals surface area contributed by atoms with Crippen molar-refractivity contribution in [2.45, 2.75) is 39.0 Å². The summed E-state index contributed by atoms with van der Waals surface area (Å²) in [5.74, 6) is 0.987. The molecule has 0 saturated heterocycles. The standard InChI is InChI=1S/C32H31NO2/c1-34-22-28-25-16-10-11-19-35-30-18-9-8-17-29(30)33-20-26(31(25)23-12-4-2-5-13-23)27(21-33)32(28)24-14-6-3-7-15-24/h2-9,12-15,17-18H,10-11,16,19-22H2,1H3. The normalized spacial score (nSPS) is 14.7. The molecule has 2 heterocycles. The summed E-state index contributed by atoms with van der Waals surface area (Å²) < 4.78 is 12.2. The van der Waals surface area contributed by atoms with Gasteiger partial charge in [0.1, 0.15) is 5.75 Å². The summed E-state index contributed by atoms with van der Waals surface area (Å²) in [5.41, 5.74) is 12.2. The molecule has 2 aliphatic heterocycles. The molecule has 3 bridgehead atoms. The number of nitrogens with zero attached hydrogens (tertiary/aromatic N) is 1. The highest BCUT2D eigenvalue weighted by atomic mass is 16.5. The van der Waals surface area contributed by atoms with Crippen molar-refractivity contribution in [2.75, 3.05) is 18.6 Å². The van der Waals surface area contributed by atoms with Gasteiger partial charge in [0.25, 0.3) is 0 Å². The van der Waals surface area contributed by atoms with E-state index in [0.717, 1.165) is 44.7 Å². The van der Waals surface area contributed by atoms with E-state index in [2.05, 4.69) is 89.8 Å². The first-order chi connectivity index (χ1) is 17.3. The molecule has 3 nitrogen and oxygen atoms in total. The van der Waals surface area contributed by atoms with Crippen LogP contribution in [0.25, 0.3) is 22.3 Å². The molecule has 0 atom stereocenters. The Kier molecular flexibility index (Phi) is 6.01. The van der Waals surface area contributed by atoms with Gasteiger partial charge in [0.15, 0.2) is 0 Å². The lowest BCUT2D eigenvalue weighted by atomic mass is 9.81. The minimum Gasteiger partial charge on any atom is -0.491 e. The summed E-state index contributed by atoms with van der Waals surface area (Å²) in [7, 11) is 1.82. The topological polar surface area (TPSA) is 21.7 Å². The van der Waals surface area contributed by atoms with Crippen LogP contribution in [-0.2, 0) is 30.9 Å². The van der Waals surface area contributed by atoms with Gasteiger partial charge in [0, 0.05) is 20.2 Å². The van der Waals surface area contributed by atoms with Gasteiger partial charge in [0.2, 0.25) is 0 Å². The van der Waals surface area contributed by atoms with Crippen LogP contribution in [0.3, 0.4) is 0 Å². The maximum atomic E-state index is 6.28. The Morgan fingerprint density at radius 1 is 0.714 bits per heavy atom. The Balaban J connectivity index is 1.67. The lowest BCUT2D eigenvalue weighted by Crippen LogP contribution is -2.16. The van der Waals surface area contributed by atoms with Crippen LogP contribution in [0, 0.1) is 0 Å². The number of anilines is 1. The Morgan fingerprint density at radius 2 is 1.34 bits per heavy atom. The van der Waals surface area contributed by atoms with Gasteiger partial charge in [-0.15, -0.1) is 0 Å². The van der Waals surface area contributed by atoms with Crippen molar-refractivity contribution in [3.63, 3.8) is 0 Å². The highest BCUT2D eigenvalue weighted by molar-refractivity contribution is 5.85. The number of ether oxygens (including phenoxy) is 2. The first kappa shape index (κ1) is 21.9. The van der Waals surface area contributed by atoms with Gasteiger partial charge in [-0.05, 0) is 75.9 Å². The molecular formula is C32H31NO2. The summed E-state index contributed by atoms with van der Waals surface area (Å²) in [6, 6.07) is 30.4. The molecule has 0 spiro atoms. The summed E-state index contributed by atoms with van der Waals surface area (Å²) in [6.07, 6.45) is 3.11. The highest BCUT2D eigenvalue weighted by Crippen LogP contribution is 2.47. The van der Waals surface area contributed by atoms with Crippen LogP contribution in [-0.4, -0.2) is 13.7 Å². The molecule has 0 fully saturated rings. The van der Waals surface area contributed by atoms with Crippen molar-refractivity contribution in [3.05, 3.63) is 107 Å². The van der Waals surface area contributed by atoms with Crippen LogP contribution in [0.15, 0.2) is 84.9 Å². The van der Waals surface area contributed by atoms with E-state index >= 15 is 0 Å². The number of fused-ring (bicyclic) bond motifs is 4. The molecule has 35 heavy (non-hydrogen) atoms. The summed E-state index contributed by atoms with van der Waals surface area (Å²) in [6.45, 7) is 3.08. The number of rotatable bonds is 4. The van der Waals surface area contributed by atoms with Crippen molar-refractivity contribution < 1.29 is 9.47 Å². The maximum absolute atomic E-state index is 6.28. The summed E-state index contributed by atoms with van der Waals surface area (Å²) >= 11 is 0. The van der Waals surface area contributed by atoms with Gasteiger partial charge in [-0.3, -0.25) is 0 Å². The molecule has 0 saturated carbocycles. The average molecular weight is 462 g/mol. The molecule has 6 rings (SSSR count). The first-order valence-corrected chi connectivity index (χ1v) is 12.6. The number of hydrogen-bond acceptors (Lipinski definition) is 3. The van der Waals surface area contributed by atoms with E-state index in [1.165, 1.54) is 50.2 Å². The quantitative estimate of drug-likeness (QED) is 0.316. The van der Waals surface area contributed by atoms with E-state index < -0.39 is 0 Å². The van der Waals surface area contributed by atoms with E-state index in [9.17, 15) is 0 Å². The zero-order valence-electron chi connectivity index (χ0n) is 20.3. The van der Waals surface area contributed by atoms with E-state index in [0.29, 0.717) is 6.61 Å². The molecule has 0 amide bonds. The predicted octanol–water partition coefficient (Wildman–Crippen LogP) is 7.40. The van der Waals surface area contributed by atoms with Crippen molar-refractivity contribution in [1.29, 1.82) is 0 Å². The zero-order valence-corrected chi connectivity index (χ0v) is 20.3. The van der Waals surface area contributed by atoms with Gasteiger partial charge >= 0.3 is 0 Å². The van der Waals surface area contributed by atoms with Gasteiger partial charge in [-0.1, -0.05) is 72.8 Å². The van der Waals surface area contributed by atoms with E-state index in [4.69, 9.17) is 9.47 Å². The Hall–Kier alpha value is -3.56. The largest absolute Gasteiger partial charge is 0.491 e. The van der Waals surface area contributed by atoms with Crippen LogP contribution in [0.5, 0.6) is 5.75 Å². The Labute approximate surface area is 207 Å². The zero-order chi connectivity index (χ0) is 23.6. The second kappa shape index (κ2) is 9.59. The molecule has 4 aromatic rings. The fourth-order valence-corrected chi connectivity index (χ4v) is 5.84. The molecule has 176 valence electrons. The smallest absolute Gasteiger partial charge is 0.142 e. The molecule has 0 N–H and O–H groups in total. The van der Waals surface area contributed by atoms with E-state index in [1.54, 1.807) is 0 Å². The van der Waals surface area contributed by atoms with Gasteiger partial charge in [-0.2, -0.15) is 0 Å². The predicted molar refractivity (Wildman–Crippen MR) is 143 cm³/mol. The second-order valence-electron chi connectivity index (χ2n) is 9.46. The molecule has 0 unspecified atom stereocenters. The van der Waals surface area contributed by atoms with Crippen molar-refractivity contribution in [3.8, 4) is 28.0 Å². The third-order valence-corrected chi connectivity index (χ3v) is 7.33. The fourth-order valence-electron chi connectivity index (χ4n) is 5.84. The molecular weight excluding hydrogens is 430 g/mol. The van der Waals surface area contributed by atoms with E-state index in [-0.39, 0.29) is 0 Å². The van der Waals surface area contributed by atoms with Crippen molar-refractivity contribution >= 4 is 5.69 Å². The minimum atomic E-state index is 0.611. The third-order valence-electron chi connectivity index (χ3n) is 7.33. The lowest BCUT2D eigenvalue weighted by molar-refractivity contribution is 0.184. The second-order valence-corrected chi connectivity index (χ2v) is 9.46. The van der Waals surface area contributed by atoms with Crippen LogP contribution in [0.1, 0.15) is 35.1 Å². The van der Waals surface area contributed by atoms with Gasteiger partial charge < -0.3 is 14.4 Å². The van der Waals surface area contributed by atoms with Crippen molar-refractivity contribution in [1.82, 2.24) is 0 Å². The molecule has 0 aliphatic carbocycles. The number of hydrogen-bond donors (Lipinski definition) is 0. The number of benzene rings is 4. The van der Waals surface area contributed by atoms with Gasteiger partial charge in [-0.25, -0.2) is 0 Å². The highest BCUT2D eigenvalue weighted by Gasteiger charge is 2.32. The molecule has 3 heteroatoms. The summed E-state index contributed by atoms with van der Waals surface area (Å²) in [4.78, 5) is 2.49. The van der Waals surface area contributed by atoms with Crippen LogP contribution < -0.4 is 9.64 Å². The molecule has 0 radical (unpaired) electrons. The van der Waals surface area contributed by atoms with Crippen molar-refractivity contribution in [2.24, 2.45) is 0 Å². The third kappa shape index (κ3) is 4.00. The van der Waals surface area contributed by atoms with Crippen LogP contribution in [0.4, 0.5) is 5.69 Å². The number of methoxy groups -OCH3 is 1. The number of para-hydroxylation sites is 2. The van der Waals surface area contributed by atoms with Crippen LogP contribution >= 0.6 is 0 Å². The van der Waals surface area contributed by atoms with Crippen LogP contribution in [0.2, 0.25) is 0 Å². The SMILES string of the molecule is COCc1c2c(-c3ccccc3)c3c(c1-c1ccccc1)CN(C3)c1ccccc1OCCCC2. The molecule has 2 aliphatic rings. The Bertz CT molecular complexity index is 1330. The van der Waals surface area contributed by atoms with E-state index in [1.807, 2.05) is 7.11 Å². The minimum absolute atomic E-state index is 0.611. The van der Waals surface area contributed by atoms with Gasteiger partial charge in [0.05, 0.1) is 18.9 Å². The first-order valence-electron chi connectivity index (χ1n) is 12.6. The lowest BCUT2D eigenvalue weighted by Gasteiger charge is -2.24. The maximum Gasteiger partial charge on any atom is 0.142 e.